The highest BCUT2D eigenvalue weighted by Gasteiger charge is 2.52. The summed E-state index contributed by atoms with van der Waals surface area (Å²) in [6.45, 7) is 11.8. The lowest BCUT2D eigenvalue weighted by Crippen LogP contribution is -2.54. The minimum atomic E-state index is -4.65. The van der Waals surface area contributed by atoms with E-state index in [2.05, 4.69) is 5.32 Å². The maximum Gasteiger partial charge on any atom is 0.329 e. The van der Waals surface area contributed by atoms with Gasteiger partial charge in [-0.2, -0.15) is 0 Å². The number of ketones is 2. The van der Waals surface area contributed by atoms with Crippen LogP contribution in [0.15, 0.2) is 30.3 Å². The zero-order chi connectivity index (χ0) is 52.0. The van der Waals surface area contributed by atoms with Gasteiger partial charge in [0, 0.05) is 77.9 Å². The van der Waals surface area contributed by atoms with Gasteiger partial charge in [0.15, 0.2) is 5.78 Å². The first-order valence-electron chi connectivity index (χ1n) is 25.6. The molecule has 3 aliphatic rings. The number of hydrogen-bond acceptors (Lipinski definition) is 10. The van der Waals surface area contributed by atoms with E-state index in [-0.39, 0.29) is 97.5 Å². The quantitative estimate of drug-likeness (QED) is 0.0508. The summed E-state index contributed by atoms with van der Waals surface area (Å²) in [6, 6.07) is 7.26. The second-order valence-corrected chi connectivity index (χ2v) is 22.7. The number of hydrogen-bond donors (Lipinski definition) is 4. The number of nitrogens with zero attached hydrogens (tertiary/aromatic N) is 3. The molecule has 1 unspecified atom stereocenters. The first-order valence-corrected chi connectivity index (χ1v) is 27.3. The number of methoxy groups -OCH3 is 2. The van der Waals surface area contributed by atoms with Crippen molar-refractivity contribution in [2.45, 2.75) is 180 Å². The highest BCUT2D eigenvalue weighted by molar-refractivity contribution is 7.52. The number of carboxylic acid groups (broad SMARTS) is 1. The molecule has 12 atom stereocenters. The number of likely N-dealkylation sites (N-methyl/N-ethyl adjacent to an activating group) is 1. The third-order valence-electron chi connectivity index (χ3n) is 15.6. The second kappa shape index (κ2) is 27.2. The van der Waals surface area contributed by atoms with Gasteiger partial charge in [-0.1, -0.05) is 84.7 Å². The Balaban J connectivity index is 1.41. The molecule has 17 nitrogen and oxygen atoms in total. The van der Waals surface area contributed by atoms with E-state index < -0.39 is 67.3 Å². The van der Waals surface area contributed by atoms with Crippen molar-refractivity contribution >= 4 is 48.8 Å². The number of ether oxygens (including phenoxy) is 2. The van der Waals surface area contributed by atoms with Crippen LogP contribution in [0.3, 0.4) is 0 Å². The fraction of sp³-hybridized carbons (Fsp3) is 0.750. The summed E-state index contributed by atoms with van der Waals surface area (Å²) < 4.78 is 24.6. The Hall–Kier alpha value is -4.02. The van der Waals surface area contributed by atoms with Crippen molar-refractivity contribution in [3.63, 3.8) is 0 Å². The number of carbonyl (C=O) groups is 7. The van der Waals surface area contributed by atoms with Crippen molar-refractivity contribution < 1.29 is 62.5 Å². The monoisotopic (exact) mass is 1000 g/mol. The normalized spacial score (nSPS) is 22.5. The van der Waals surface area contributed by atoms with Crippen LogP contribution < -0.4 is 5.32 Å². The van der Waals surface area contributed by atoms with Gasteiger partial charge in [0.1, 0.15) is 5.78 Å². The van der Waals surface area contributed by atoms with Gasteiger partial charge in [-0.25, -0.2) is 0 Å². The van der Waals surface area contributed by atoms with E-state index in [1.165, 1.54) is 21.1 Å². The number of aliphatic carboxylic acids is 1. The Labute approximate surface area is 415 Å². The third kappa shape index (κ3) is 15.5. The standard InChI is InChI=1S/C52H83N4O13P/c1-10-33(4)48(44(68-8)31-47(61)55-25-17-20-41(55)50(69-9)35(6)42(57)29-39(70(65,66)67)27-36-18-13-11-14-19-36)54(7)51(62)40(32(2)3)30-43(58)49-37-22-23-38(28-37)56(49)46(60)21-15-12-16-24-53-45(59)26-34(5)52(63)64/h11,13-14,18-19,32-35,37-41,44,48-50H,10,12,15-17,20-31H2,1-9H3,(H,53,59)(H,63,64)(H2,65,66,67)/t33-,34?,35-,37-,38+,39+,40-,41-,44+,48-,49-,50+/m0/s1. The van der Waals surface area contributed by atoms with Crippen molar-refractivity contribution in [2.24, 2.45) is 35.5 Å². The molecule has 2 bridgehead atoms. The molecule has 1 aliphatic carbocycles. The van der Waals surface area contributed by atoms with Gasteiger partial charge in [0.2, 0.25) is 23.6 Å². The Kier molecular flexibility index (Phi) is 22.7. The molecule has 18 heteroatoms. The average molecular weight is 1000 g/mol. The minimum absolute atomic E-state index is 0.0178. The Morgan fingerprint density at radius 2 is 1.56 bits per heavy atom. The van der Waals surface area contributed by atoms with Crippen LogP contribution in [0, 0.1) is 35.5 Å². The number of carbonyl (C=O) groups excluding carboxylic acids is 6. The fourth-order valence-electron chi connectivity index (χ4n) is 11.3. The van der Waals surface area contributed by atoms with Crippen molar-refractivity contribution in [1.82, 2.24) is 20.0 Å². The van der Waals surface area contributed by atoms with Crippen molar-refractivity contribution in [2.75, 3.05) is 34.4 Å². The molecule has 1 aromatic carbocycles. The van der Waals surface area contributed by atoms with Crippen LogP contribution >= 0.6 is 7.60 Å². The molecule has 1 aromatic rings. The first kappa shape index (κ1) is 58.5. The highest BCUT2D eigenvalue weighted by Crippen LogP contribution is 2.46. The molecule has 394 valence electrons. The number of piperidine rings is 1. The Morgan fingerprint density at radius 3 is 2.16 bits per heavy atom. The van der Waals surface area contributed by atoms with E-state index >= 15 is 0 Å². The number of fused-ring (bicyclic) bond motifs is 2. The second-order valence-electron chi connectivity index (χ2n) is 20.8. The van der Waals surface area contributed by atoms with Crippen LogP contribution in [0.2, 0.25) is 0 Å². The minimum Gasteiger partial charge on any atom is -0.481 e. The van der Waals surface area contributed by atoms with Gasteiger partial charge >= 0.3 is 13.6 Å². The summed E-state index contributed by atoms with van der Waals surface area (Å²) in [5, 5.41) is 11.8. The van der Waals surface area contributed by atoms with Crippen molar-refractivity contribution in [3.8, 4) is 0 Å². The molecule has 2 saturated heterocycles. The molecule has 4 rings (SSSR count). The van der Waals surface area contributed by atoms with Crippen LogP contribution in [0.5, 0.6) is 0 Å². The van der Waals surface area contributed by atoms with Gasteiger partial charge in [0.25, 0.3) is 0 Å². The molecular formula is C52H83N4O13P. The van der Waals surface area contributed by atoms with Gasteiger partial charge in [-0.05, 0) is 74.7 Å². The molecule has 1 saturated carbocycles. The van der Waals surface area contributed by atoms with Crippen molar-refractivity contribution in [1.29, 1.82) is 0 Å². The van der Waals surface area contributed by atoms with Crippen LogP contribution in [-0.4, -0.2) is 147 Å². The van der Waals surface area contributed by atoms with Crippen molar-refractivity contribution in [3.05, 3.63) is 35.9 Å². The number of amides is 4. The maximum atomic E-state index is 14.7. The summed E-state index contributed by atoms with van der Waals surface area (Å²) in [5.41, 5.74) is -0.498. The molecule has 2 heterocycles. The predicted molar refractivity (Wildman–Crippen MR) is 264 cm³/mol. The molecule has 0 aromatic heterocycles. The van der Waals surface area contributed by atoms with E-state index in [0.29, 0.717) is 57.2 Å². The fourth-order valence-corrected chi connectivity index (χ4v) is 12.2. The summed E-state index contributed by atoms with van der Waals surface area (Å²) in [5.74, 6) is -4.90. The Bertz CT molecular complexity index is 1980. The summed E-state index contributed by atoms with van der Waals surface area (Å²) >= 11 is 0. The van der Waals surface area contributed by atoms with Gasteiger partial charge in [0.05, 0.1) is 48.3 Å². The number of unbranched alkanes of at least 4 members (excludes halogenated alkanes) is 2. The largest absolute Gasteiger partial charge is 0.481 e. The maximum absolute atomic E-state index is 14.7. The van der Waals surface area contributed by atoms with E-state index in [0.717, 1.165) is 19.3 Å². The lowest BCUT2D eigenvalue weighted by atomic mass is 9.83. The number of likely N-dealkylation sites (tertiary alicyclic amines) is 2. The average Bonchev–Trinajstić information content (AvgIpc) is 4.09. The molecule has 4 N–H and O–H groups in total. The molecule has 4 amide bonds. The Morgan fingerprint density at radius 1 is 0.871 bits per heavy atom. The number of rotatable bonds is 30. The summed E-state index contributed by atoms with van der Waals surface area (Å²) in [6.07, 6.45) is 4.51. The van der Waals surface area contributed by atoms with Crippen LogP contribution in [0.1, 0.15) is 137 Å². The van der Waals surface area contributed by atoms with E-state index in [4.69, 9.17) is 14.6 Å². The predicted octanol–water partition coefficient (Wildman–Crippen LogP) is 6.05. The zero-order valence-corrected chi connectivity index (χ0v) is 44.0. The van der Waals surface area contributed by atoms with E-state index in [9.17, 15) is 47.9 Å². The topological polar surface area (TPSA) is 237 Å². The highest BCUT2D eigenvalue weighted by atomic mass is 31.2. The first-order chi connectivity index (χ1) is 33.0. The number of Topliss-reactive ketones (excluding diaryl/α,β-unsaturated/α-hetero) is 2. The lowest BCUT2D eigenvalue weighted by molar-refractivity contribution is -0.150. The molecule has 0 radical (unpaired) electrons. The number of benzene rings is 1. The third-order valence-corrected chi connectivity index (χ3v) is 16.9. The van der Waals surface area contributed by atoms with Gasteiger partial charge < -0.3 is 44.4 Å². The van der Waals surface area contributed by atoms with Gasteiger partial charge in [-0.3, -0.25) is 38.1 Å². The summed E-state index contributed by atoms with van der Waals surface area (Å²) in [4.78, 5) is 120. The molecule has 3 fully saturated rings. The molecular weight excluding hydrogens is 920 g/mol. The molecule has 2 aliphatic heterocycles. The van der Waals surface area contributed by atoms with E-state index in [1.807, 2.05) is 33.8 Å². The van der Waals surface area contributed by atoms with Crippen LogP contribution in [-0.2, 0) is 54.0 Å². The summed E-state index contributed by atoms with van der Waals surface area (Å²) in [7, 11) is 0.0607. The molecule has 70 heavy (non-hydrogen) atoms. The van der Waals surface area contributed by atoms with Crippen LogP contribution in [0.25, 0.3) is 0 Å². The lowest BCUT2D eigenvalue weighted by Gasteiger charge is -2.41. The zero-order valence-electron chi connectivity index (χ0n) is 43.1. The van der Waals surface area contributed by atoms with Gasteiger partial charge in [-0.15, -0.1) is 0 Å². The van der Waals surface area contributed by atoms with Crippen LogP contribution in [0.4, 0.5) is 0 Å². The smallest absolute Gasteiger partial charge is 0.329 e. The SMILES string of the molecule is CC[C@H](C)[C@@H]([C@@H](CC(=O)N1CCC[C@H]1[C@H](OC)[C@@H](C)C(=O)C[C@@H](Cc1ccccc1)P(=O)(O)O)OC)N(C)C(=O)[C@@H](CC(=O)[C@@H]1[C@H]2CC[C@H](C2)N1C(=O)CCCCCNC(=O)CC(C)C(=O)O)C(C)C. The molecule has 0 spiro atoms. The number of nitrogens with one attached hydrogen (secondary N) is 1. The van der Waals surface area contributed by atoms with E-state index in [1.54, 1.807) is 52.9 Å². The number of carboxylic acids is 1.